The van der Waals surface area contributed by atoms with Crippen molar-refractivity contribution in [3.63, 3.8) is 0 Å². The van der Waals surface area contributed by atoms with Crippen molar-refractivity contribution in [3.05, 3.63) is 54.1 Å². The lowest BCUT2D eigenvalue weighted by atomic mass is 10.1. The first kappa shape index (κ1) is 14.3. The average Bonchev–Trinajstić information content (AvgIpc) is 2.92. The lowest BCUT2D eigenvalue weighted by Crippen LogP contribution is -2.20. The molecule has 2 aromatic rings. The zero-order valence-electron chi connectivity index (χ0n) is 11.6. The van der Waals surface area contributed by atoms with Crippen molar-refractivity contribution >= 4 is 5.97 Å². The van der Waals surface area contributed by atoms with E-state index >= 15 is 0 Å². The lowest BCUT2D eigenvalue weighted by Gasteiger charge is -2.16. The Kier molecular flexibility index (Phi) is 4.90. The molecule has 0 amide bonds. The highest BCUT2D eigenvalue weighted by molar-refractivity contribution is 5.87. The number of aryl methyl sites for hydroxylation is 1. The molecule has 0 spiro atoms. The van der Waals surface area contributed by atoms with Crippen LogP contribution in [0.15, 0.2) is 43.0 Å². The van der Waals surface area contributed by atoms with Crippen molar-refractivity contribution in [2.75, 3.05) is 13.6 Å². The van der Waals surface area contributed by atoms with Crippen LogP contribution in [0.4, 0.5) is 0 Å². The van der Waals surface area contributed by atoms with Crippen LogP contribution in [0.3, 0.4) is 0 Å². The molecule has 0 saturated carbocycles. The molecule has 0 aliphatic carbocycles. The molecule has 20 heavy (non-hydrogen) atoms. The molecule has 5 heteroatoms. The minimum Gasteiger partial charge on any atom is -0.478 e. The molecular weight excluding hydrogens is 254 g/mol. The van der Waals surface area contributed by atoms with Crippen molar-refractivity contribution in [2.45, 2.75) is 19.5 Å². The number of rotatable bonds is 7. The highest BCUT2D eigenvalue weighted by atomic mass is 16.4. The lowest BCUT2D eigenvalue weighted by molar-refractivity contribution is 0.0697. The summed E-state index contributed by atoms with van der Waals surface area (Å²) in [7, 11) is 2.07. The fourth-order valence-electron chi connectivity index (χ4n) is 2.09. The van der Waals surface area contributed by atoms with Gasteiger partial charge in [0.2, 0.25) is 0 Å². The van der Waals surface area contributed by atoms with Crippen LogP contribution in [0, 0.1) is 0 Å². The predicted molar refractivity (Wildman–Crippen MR) is 76.6 cm³/mol. The van der Waals surface area contributed by atoms with Crippen LogP contribution in [0.5, 0.6) is 0 Å². The summed E-state index contributed by atoms with van der Waals surface area (Å²) in [5.74, 6) is -0.884. The molecule has 1 heterocycles. The van der Waals surface area contributed by atoms with Gasteiger partial charge in [0.15, 0.2) is 0 Å². The Morgan fingerprint density at radius 1 is 1.35 bits per heavy atom. The maximum Gasteiger partial charge on any atom is 0.335 e. The van der Waals surface area contributed by atoms with Gasteiger partial charge in [-0.05, 0) is 37.7 Å². The molecule has 5 nitrogen and oxygen atoms in total. The molecule has 106 valence electrons. The molecule has 2 rings (SSSR count). The fourth-order valence-corrected chi connectivity index (χ4v) is 2.09. The van der Waals surface area contributed by atoms with Crippen LogP contribution in [-0.4, -0.2) is 39.1 Å². The van der Waals surface area contributed by atoms with Gasteiger partial charge < -0.3 is 14.6 Å². The van der Waals surface area contributed by atoms with Crippen LogP contribution < -0.4 is 0 Å². The van der Waals surface area contributed by atoms with E-state index in [4.69, 9.17) is 5.11 Å². The highest BCUT2D eigenvalue weighted by Gasteiger charge is 2.04. The number of carboxylic acids is 1. The minimum absolute atomic E-state index is 0.330. The number of benzene rings is 1. The van der Waals surface area contributed by atoms with Crippen LogP contribution in [0.1, 0.15) is 22.3 Å². The van der Waals surface area contributed by atoms with E-state index in [0.29, 0.717) is 5.56 Å². The number of carboxylic acid groups (broad SMARTS) is 1. The second kappa shape index (κ2) is 6.86. The number of hydrogen-bond donors (Lipinski definition) is 1. The third-order valence-corrected chi connectivity index (χ3v) is 3.17. The highest BCUT2D eigenvalue weighted by Crippen LogP contribution is 2.07. The van der Waals surface area contributed by atoms with E-state index in [2.05, 4.69) is 21.5 Å². The van der Waals surface area contributed by atoms with Crippen LogP contribution >= 0.6 is 0 Å². The van der Waals surface area contributed by atoms with Gasteiger partial charge in [0.25, 0.3) is 0 Å². The van der Waals surface area contributed by atoms with Gasteiger partial charge in [0, 0.05) is 25.5 Å². The van der Waals surface area contributed by atoms with Crippen molar-refractivity contribution in [3.8, 4) is 0 Å². The monoisotopic (exact) mass is 273 g/mol. The summed E-state index contributed by atoms with van der Waals surface area (Å²) in [5, 5.41) is 8.85. The van der Waals surface area contributed by atoms with E-state index in [1.54, 1.807) is 18.3 Å². The molecule has 1 N–H and O–H groups in total. The van der Waals surface area contributed by atoms with E-state index in [1.807, 2.05) is 24.7 Å². The van der Waals surface area contributed by atoms with Gasteiger partial charge in [-0.2, -0.15) is 0 Å². The smallest absolute Gasteiger partial charge is 0.335 e. The molecule has 0 aliphatic rings. The average molecular weight is 273 g/mol. The molecule has 0 bridgehead atoms. The first-order valence-corrected chi connectivity index (χ1v) is 6.61. The second-order valence-electron chi connectivity index (χ2n) is 4.89. The number of aromatic carboxylic acids is 1. The summed E-state index contributed by atoms with van der Waals surface area (Å²) in [5.41, 5.74) is 1.46. The molecule has 0 fully saturated rings. The van der Waals surface area contributed by atoms with Gasteiger partial charge in [0.05, 0.1) is 11.9 Å². The fraction of sp³-hybridized carbons (Fsp3) is 0.333. The third-order valence-electron chi connectivity index (χ3n) is 3.17. The molecule has 0 radical (unpaired) electrons. The largest absolute Gasteiger partial charge is 0.478 e. The van der Waals surface area contributed by atoms with Crippen LogP contribution in [-0.2, 0) is 13.1 Å². The van der Waals surface area contributed by atoms with Gasteiger partial charge in [-0.1, -0.05) is 12.1 Å². The summed E-state index contributed by atoms with van der Waals surface area (Å²) < 4.78 is 2.06. The quantitative estimate of drug-likeness (QED) is 0.839. The molecule has 1 aromatic heterocycles. The van der Waals surface area contributed by atoms with E-state index in [0.717, 1.165) is 31.6 Å². The first-order chi connectivity index (χ1) is 9.65. The molecule has 0 aliphatic heterocycles. The summed E-state index contributed by atoms with van der Waals surface area (Å²) in [4.78, 5) is 17.0. The maximum atomic E-state index is 10.8. The number of carbonyl (C=O) groups is 1. The predicted octanol–water partition coefficient (Wildman–Crippen LogP) is 2.10. The zero-order chi connectivity index (χ0) is 14.4. The third kappa shape index (κ3) is 4.20. The number of nitrogens with zero attached hydrogens (tertiary/aromatic N) is 3. The van der Waals surface area contributed by atoms with Crippen molar-refractivity contribution in [1.82, 2.24) is 14.5 Å². The Bertz CT molecular complexity index is 535. The van der Waals surface area contributed by atoms with Gasteiger partial charge in [-0.25, -0.2) is 9.78 Å². The van der Waals surface area contributed by atoms with E-state index in [1.165, 1.54) is 0 Å². The Morgan fingerprint density at radius 2 is 2.10 bits per heavy atom. The van der Waals surface area contributed by atoms with Gasteiger partial charge >= 0.3 is 5.97 Å². The SMILES string of the molecule is CN(CCCn1ccnc1)Cc1ccc(C(=O)O)cc1. The maximum absolute atomic E-state index is 10.8. The summed E-state index contributed by atoms with van der Waals surface area (Å²) in [6.07, 6.45) is 6.63. The van der Waals surface area contributed by atoms with Crippen LogP contribution in [0.25, 0.3) is 0 Å². The summed E-state index contributed by atoms with van der Waals surface area (Å²) in [6.45, 7) is 2.77. The summed E-state index contributed by atoms with van der Waals surface area (Å²) >= 11 is 0. The van der Waals surface area contributed by atoms with Crippen molar-refractivity contribution in [2.24, 2.45) is 0 Å². The Balaban J connectivity index is 1.76. The zero-order valence-corrected chi connectivity index (χ0v) is 11.6. The van der Waals surface area contributed by atoms with Gasteiger partial charge in [0.1, 0.15) is 0 Å². The molecular formula is C15H19N3O2. The van der Waals surface area contributed by atoms with Gasteiger partial charge in [-0.15, -0.1) is 0 Å². The standard InChI is InChI=1S/C15H19N3O2/c1-17(8-2-9-18-10-7-16-12-18)11-13-3-5-14(6-4-13)15(19)20/h3-7,10,12H,2,8-9,11H2,1H3,(H,19,20). The van der Waals surface area contributed by atoms with Crippen molar-refractivity contribution in [1.29, 1.82) is 0 Å². The van der Waals surface area contributed by atoms with E-state index in [9.17, 15) is 4.79 Å². The van der Waals surface area contributed by atoms with Gasteiger partial charge in [-0.3, -0.25) is 0 Å². The van der Waals surface area contributed by atoms with Crippen LogP contribution in [0.2, 0.25) is 0 Å². The topological polar surface area (TPSA) is 58.4 Å². The minimum atomic E-state index is -0.884. The first-order valence-electron chi connectivity index (χ1n) is 6.61. The molecule has 0 unspecified atom stereocenters. The number of hydrogen-bond acceptors (Lipinski definition) is 3. The normalized spacial score (nSPS) is 10.9. The Hall–Kier alpha value is -2.14. The molecule has 1 aromatic carbocycles. The van der Waals surface area contributed by atoms with E-state index in [-0.39, 0.29) is 0 Å². The number of imidazole rings is 1. The second-order valence-corrected chi connectivity index (χ2v) is 4.89. The number of aromatic nitrogens is 2. The Morgan fingerprint density at radius 3 is 2.70 bits per heavy atom. The summed E-state index contributed by atoms with van der Waals surface area (Å²) in [6, 6.07) is 7.04. The van der Waals surface area contributed by atoms with E-state index < -0.39 is 5.97 Å². The Labute approximate surface area is 118 Å². The van der Waals surface area contributed by atoms with Crippen molar-refractivity contribution < 1.29 is 9.90 Å². The molecule has 0 atom stereocenters. The molecule has 0 saturated heterocycles.